The molecule has 7 heteroatoms. The minimum atomic E-state index is -0.276. The summed E-state index contributed by atoms with van der Waals surface area (Å²) in [6.07, 6.45) is 0.683. The Morgan fingerprint density at radius 1 is 1.19 bits per heavy atom. The molecule has 1 N–H and O–H groups in total. The first kappa shape index (κ1) is 16.7. The van der Waals surface area contributed by atoms with Crippen molar-refractivity contribution in [1.82, 2.24) is 5.32 Å². The molecule has 0 fully saturated rings. The van der Waals surface area contributed by atoms with Gasteiger partial charge in [-0.05, 0) is 24.3 Å². The highest BCUT2D eigenvalue weighted by Crippen LogP contribution is 2.35. The second-order valence-corrected chi connectivity index (χ2v) is 6.61. The van der Waals surface area contributed by atoms with Gasteiger partial charge in [0.15, 0.2) is 6.61 Å². The van der Waals surface area contributed by atoms with Gasteiger partial charge < -0.3 is 14.8 Å². The first-order chi connectivity index (χ1) is 12.6. The zero-order chi connectivity index (χ0) is 18.1. The molecular weight excluding hydrogens is 356 g/mol. The number of nitrogens with one attached hydrogen (secondary N) is 1. The third-order valence-corrected chi connectivity index (χ3v) is 4.69. The van der Waals surface area contributed by atoms with E-state index in [-0.39, 0.29) is 31.0 Å². The van der Waals surface area contributed by atoms with Crippen molar-refractivity contribution in [2.75, 3.05) is 24.7 Å². The Kier molecular flexibility index (Phi) is 4.42. The summed E-state index contributed by atoms with van der Waals surface area (Å²) in [6.45, 7) is 0.355. The molecule has 0 aromatic heterocycles. The van der Waals surface area contributed by atoms with Gasteiger partial charge in [-0.1, -0.05) is 29.8 Å². The highest BCUT2D eigenvalue weighted by Gasteiger charge is 2.29. The second kappa shape index (κ2) is 6.88. The van der Waals surface area contributed by atoms with Crippen LogP contribution in [0.25, 0.3) is 0 Å². The summed E-state index contributed by atoms with van der Waals surface area (Å²) in [4.78, 5) is 26.3. The second-order valence-electron chi connectivity index (χ2n) is 6.18. The van der Waals surface area contributed by atoms with Crippen molar-refractivity contribution >= 4 is 29.1 Å². The van der Waals surface area contributed by atoms with Gasteiger partial charge in [0.25, 0.3) is 5.91 Å². The van der Waals surface area contributed by atoms with E-state index in [1.165, 1.54) is 4.90 Å². The first-order valence-electron chi connectivity index (χ1n) is 8.35. The van der Waals surface area contributed by atoms with E-state index >= 15 is 0 Å². The van der Waals surface area contributed by atoms with E-state index in [4.69, 9.17) is 21.1 Å². The summed E-state index contributed by atoms with van der Waals surface area (Å²) in [5, 5.41) is 3.48. The molecular formula is C19H17ClN2O4. The van der Waals surface area contributed by atoms with Crippen molar-refractivity contribution < 1.29 is 19.1 Å². The van der Waals surface area contributed by atoms with Crippen LogP contribution >= 0.6 is 11.6 Å². The monoisotopic (exact) mass is 372 g/mol. The van der Waals surface area contributed by atoms with E-state index in [0.717, 1.165) is 11.3 Å². The highest BCUT2D eigenvalue weighted by molar-refractivity contribution is 6.31. The number of hydrogen-bond acceptors (Lipinski definition) is 4. The SMILES string of the molecule is O=C(CN1C(=O)COc2ccc(Cl)cc21)N[C@H]1CCOc2ccccc21. The molecule has 0 saturated carbocycles. The molecule has 4 rings (SSSR count). The standard InChI is InChI=1S/C19H17ClN2O4/c20-12-5-6-17-15(9-12)22(19(24)11-26-17)10-18(23)21-14-7-8-25-16-4-2-1-3-13(14)16/h1-6,9,14H,7-8,10-11H2,(H,21,23)/t14-/m0/s1. The lowest BCUT2D eigenvalue weighted by Crippen LogP contribution is -2.46. The third kappa shape index (κ3) is 3.20. The fraction of sp³-hybridized carbons (Fsp3) is 0.263. The largest absolute Gasteiger partial charge is 0.493 e. The molecule has 1 atom stereocenters. The maximum atomic E-state index is 12.6. The molecule has 2 aliphatic heterocycles. The molecule has 0 spiro atoms. The number of carbonyl (C=O) groups is 2. The molecule has 134 valence electrons. The van der Waals surface area contributed by atoms with Crippen LogP contribution in [0.5, 0.6) is 11.5 Å². The maximum absolute atomic E-state index is 12.6. The number of nitrogens with zero attached hydrogens (tertiary/aromatic N) is 1. The van der Waals surface area contributed by atoms with Crippen LogP contribution in [0.3, 0.4) is 0 Å². The number of amides is 2. The molecule has 0 unspecified atom stereocenters. The summed E-state index contributed by atoms with van der Waals surface area (Å²) in [5.41, 5.74) is 1.46. The Morgan fingerprint density at radius 2 is 2.04 bits per heavy atom. The minimum absolute atomic E-state index is 0.0882. The van der Waals surface area contributed by atoms with Crippen LogP contribution in [0.4, 0.5) is 5.69 Å². The van der Waals surface area contributed by atoms with Crippen LogP contribution in [-0.4, -0.2) is 31.6 Å². The molecule has 0 bridgehead atoms. The van der Waals surface area contributed by atoms with Crippen LogP contribution in [0, 0.1) is 0 Å². The van der Waals surface area contributed by atoms with Gasteiger partial charge >= 0.3 is 0 Å². The molecule has 2 aromatic carbocycles. The maximum Gasteiger partial charge on any atom is 0.265 e. The first-order valence-corrected chi connectivity index (χ1v) is 8.73. The van der Waals surface area contributed by atoms with Gasteiger partial charge in [0.1, 0.15) is 18.0 Å². The fourth-order valence-electron chi connectivity index (χ4n) is 3.22. The lowest BCUT2D eigenvalue weighted by molar-refractivity contribution is -0.125. The van der Waals surface area contributed by atoms with Crippen molar-refractivity contribution in [1.29, 1.82) is 0 Å². The molecule has 0 aliphatic carbocycles. The van der Waals surface area contributed by atoms with Crippen molar-refractivity contribution in [2.45, 2.75) is 12.5 Å². The number of fused-ring (bicyclic) bond motifs is 2. The normalized spacial score (nSPS) is 18.3. The number of ether oxygens (including phenoxy) is 2. The Bertz CT molecular complexity index is 870. The predicted octanol–water partition coefficient (Wildman–Crippen LogP) is 2.71. The number of benzene rings is 2. The molecule has 0 radical (unpaired) electrons. The summed E-state index contributed by atoms with van der Waals surface area (Å²) in [7, 11) is 0. The Balaban J connectivity index is 1.51. The van der Waals surface area contributed by atoms with Gasteiger partial charge in [-0.15, -0.1) is 0 Å². The van der Waals surface area contributed by atoms with Crippen LogP contribution in [0.1, 0.15) is 18.0 Å². The quantitative estimate of drug-likeness (QED) is 0.899. The lowest BCUT2D eigenvalue weighted by atomic mass is 10.0. The van der Waals surface area contributed by atoms with E-state index in [9.17, 15) is 9.59 Å². The van der Waals surface area contributed by atoms with E-state index in [1.807, 2.05) is 24.3 Å². The summed E-state index contributed by atoms with van der Waals surface area (Å²) in [5.74, 6) is 0.803. The van der Waals surface area contributed by atoms with E-state index in [1.54, 1.807) is 18.2 Å². The van der Waals surface area contributed by atoms with Crippen molar-refractivity contribution in [3.63, 3.8) is 0 Å². The van der Waals surface area contributed by atoms with Gasteiger partial charge in [0.2, 0.25) is 5.91 Å². The van der Waals surface area contributed by atoms with Crippen LogP contribution < -0.4 is 19.7 Å². The average molecular weight is 373 g/mol. The average Bonchev–Trinajstić information content (AvgIpc) is 2.64. The van der Waals surface area contributed by atoms with Gasteiger partial charge in [-0.25, -0.2) is 0 Å². The number of rotatable bonds is 3. The third-order valence-electron chi connectivity index (χ3n) is 4.46. The zero-order valence-corrected chi connectivity index (χ0v) is 14.7. The molecule has 2 heterocycles. The van der Waals surface area contributed by atoms with E-state index in [2.05, 4.69) is 5.32 Å². The Labute approximate surface area is 155 Å². The number of hydrogen-bond donors (Lipinski definition) is 1. The zero-order valence-electron chi connectivity index (χ0n) is 13.9. The number of carbonyl (C=O) groups excluding carboxylic acids is 2. The van der Waals surface area contributed by atoms with Gasteiger partial charge in [-0.3, -0.25) is 14.5 Å². The molecule has 2 aromatic rings. The molecule has 2 aliphatic rings. The number of anilines is 1. The predicted molar refractivity (Wildman–Crippen MR) is 96.7 cm³/mol. The molecule has 0 saturated heterocycles. The van der Waals surface area contributed by atoms with Crippen LogP contribution in [0.2, 0.25) is 5.02 Å². The Hall–Kier alpha value is -2.73. The summed E-state index contributed by atoms with van der Waals surface area (Å²) < 4.78 is 11.0. The molecule has 26 heavy (non-hydrogen) atoms. The van der Waals surface area contributed by atoms with Crippen molar-refractivity contribution in [3.8, 4) is 11.5 Å². The fourth-order valence-corrected chi connectivity index (χ4v) is 3.39. The number of halogens is 1. The van der Waals surface area contributed by atoms with Crippen LogP contribution in [-0.2, 0) is 9.59 Å². The van der Waals surface area contributed by atoms with E-state index in [0.29, 0.717) is 29.5 Å². The summed E-state index contributed by atoms with van der Waals surface area (Å²) >= 11 is 6.03. The number of para-hydroxylation sites is 1. The topological polar surface area (TPSA) is 67.9 Å². The van der Waals surface area contributed by atoms with Crippen molar-refractivity contribution in [3.05, 3.63) is 53.1 Å². The highest BCUT2D eigenvalue weighted by atomic mass is 35.5. The van der Waals surface area contributed by atoms with Crippen LogP contribution in [0.15, 0.2) is 42.5 Å². The Morgan fingerprint density at radius 3 is 2.92 bits per heavy atom. The van der Waals surface area contributed by atoms with Gasteiger partial charge in [-0.2, -0.15) is 0 Å². The van der Waals surface area contributed by atoms with E-state index < -0.39 is 0 Å². The van der Waals surface area contributed by atoms with Gasteiger partial charge in [0.05, 0.1) is 18.3 Å². The smallest absolute Gasteiger partial charge is 0.265 e. The van der Waals surface area contributed by atoms with Gasteiger partial charge in [0, 0.05) is 17.0 Å². The summed E-state index contributed by atoms with van der Waals surface area (Å²) in [6, 6.07) is 12.5. The van der Waals surface area contributed by atoms with Crippen molar-refractivity contribution in [2.24, 2.45) is 0 Å². The molecule has 6 nitrogen and oxygen atoms in total. The molecule has 2 amide bonds. The minimum Gasteiger partial charge on any atom is -0.493 e. The lowest BCUT2D eigenvalue weighted by Gasteiger charge is -2.31.